The molecule has 3 heterocycles. The van der Waals surface area contributed by atoms with E-state index in [1.807, 2.05) is 47.0 Å². The van der Waals surface area contributed by atoms with Crippen molar-refractivity contribution in [1.82, 2.24) is 30.4 Å². The van der Waals surface area contributed by atoms with Crippen LogP contribution in [0, 0.1) is 0 Å². The Kier molecular flexibility index (Phi) is 7.04. The second kappa shape index (κ2) is 10.3. The Labute approximate surface area is 195 Å². The number of hydrogen-bond acceptors (Lipinski definition) is 7. The summed E-state index contributed by atoms with van der Waals surface area (Å²) in [6, 6.07) is 13.0. The van der Waals surface area contributed by atoms with Crippen molar-refractivity contribution in [2.75, 3.05) is 12.4 Å². The van der Waals surface area contributed by atoms with Gasteiger partial charge in [-0.1, -0.05) is 42.1 Å². The Balaban J connectivity index is 1.66. The van der Waals surface area contributed by atoms with E-state index in [-0.39, 0.29) is 12.6 Å². The molecule has 0 saturated heterocycles. The molecule has 170 valence electrons. The van der Waals surface area contributed by atoms with Gasteiger partial charge < -0.3 is 15.4 Å². The average molecular weight is 465 g/mol. The van der Waals surface area contributed by atoms with E-state index in [9.17, 15) is 9.59 Å². The fourth-order valence-corrected chi connectivity index (χ4v) is 4.45. The van der Waals surface area contributed by atoms with Crippen molar-refractivity contribution in [3.63, 3.8) is 0 Å². The second-order valence-corrected chi connectivity index (χ2v) is 8.28. The van der Waals surface area contributed by atoms with Gasteiger partial charge in [0, 0.05) is 29.4 Å². The van der Waals surface area contributed by atoms with E-state index in [0.717, 1.165) is 11.1 Å². The maximum Gasteiger partial charge on any atom is 0.337 e. The molecule has 0 saturated carbocycles. The van der Waals surface area contributed by atoms with Gasteiger partial charge in [0.05, 0.1) is 24.8 Å². The molecule has 0 aliphatic carbocycles. The number of nitrogens with zero attached hydrogens (tertiary/aromatic N) is 4. The molecule has 4 rings (SSSR count). The van der Waals surface area contributed by atoms with Crippen molar-refractivity contribution < 1.29 is 14.3 Å². The fourth-order valence-electron chi connectivity index (χ4n) is 3.54. The molecule has 0 radical (unpaired) electrons. The molecule has 2 amide bonds. The number of pyridine rings is 1. The quantitative estimate of drug-likeness (QED) is 0.389. The lowest BCUT2D eigenvalue weighted by Gasteiger charge is -2.26. The van der Waals surface area contributed by atoms with Crippen LogP contribution in [0.4, 0.5) is 4.79 Å². The lowest BCUT2D eigenvalue weighted by molar-refractivity contribution is -0.138. The average Bonchev–Trinajstić information content (AvgIpc) is 3.21. The van der Waals surface area contributed by atoms with E-state index in [0.29, 0.717) is 34.5 Å². The van der Waals surface area contributed by atoms with Gasteiger partial charge in [-0.05, 0) is 31.5 Å². The summed E-state index contributed by atoms with van der Waals surface area (Å²) in [7, 11) is 0. The highest BCUT2D eigenvalue weighted by atomic mass is 32.2. The normalized spacial score (nSPS) is 15.7. The third kappa shape index (κ3) is 5.23. The number of carbonyl (C=O) groups is 2. The summed E-state index contributed by atoms with van der Waals surface area (Å²) in [6.07, 6.45) is 3.46. The number of urea groups is 1. The Morgan fingerprint density at radius 1 is 1.18 bits per heavy atom. The molecule has 0 fully saturated rings. The van der Waals surface area contributed by atoms with Gasteiger partial charge in [0.15, 0.2) is 11.0 Å². The monoisotopic (exact) mass is 464 g/mol. The van der Waals surface area contributed by atoms with Gasteiger partial charge in [-0.25, -0.2) is 9.59 Å². The number of benzene rings is 1. The third-order valence-electron chi connectivity index (χ3n) is 5.03. The highest BCUT2D eigenvalue weighted by molar-refractivity contribution is 7.99. The first-order chi connectivity index (χ1) is 16.1. The summed E-state index contributed by atoms with van der Waals surface area (Å²) in [5.74, 6) is 0.568. The van der Waals surface area contributed by atoms with Gasteiger partial charge >= 0.3 is 12.0 Å². The zero-order valence-corrected chi connectivity index (χ0v) is 19.1. The second-order valence-electron chi connectivity index (χ2n) is 7.34. The highest BCUT2D eigenvalue weighted by Crippen LogP contribution is 2.27. The van der Waals surface area contributed by atoms with Crippen molar-refractivity contribution in [3.05, 3.63) is 71.7 Å². The topological polar surface area (TPSA) is 111 Å². The summed E-state index contributed by atoms with van der Waals surface area (Å²) < 4.78 is 7.20. The molecule has 2 N–H and O–H groups in total. The van der Waals surface area contributed by atoms with Crippen LogP contribution in [0.15, 0.2) is 71.3 Å². The molecular formula is C23H24N6O3S. The van der Waals surface area contributed by atoms with Crippen molar-refractivity contribution in [3.8, 4) is 11.4 Å². The molecular weight excluding hydrogens is 440 g/mol. The van der Waals surface area contributed by atoms with Crippen molar-refractivity contribution in [2.24, 2.45) is 0 Å². The van der Waals surface area contributed by atoms with Gasteiger partial charge in [0.1, 0.15) is 0 Å². The van der Waals surface area contributed by atoms with Crippen LogP contribution < -0.4 is 10.6 Å². The van der Waals surface area contributed by atoms with Crippen LogP contribution in [-0.2, 0) is 16.1 Å². The molecule has 1 atom stereocenters. The first kappa shape index (κ1) is 22.5. The van der Waals surface area contributed by atoms with Crippen LogP contribution in [0.2, 0.25) is 0 Å². The number of hydrogen-bond donors (Lipinski definition) is 2. The molecule has 1 aliphatic heterocycles. The molecule has 2 aromatic heterocycles. The lowest BCUT2D eigenvalue weighted by Crippen LogP contribution is -2.49. The number of ether oxygens (including phenoxy) is 1. The molecule has 9 nitrogen and oxygen atoms in total. The molecule has 0 unspecified atom stereocenters. The molecule has 1 aliphatic rings. The Morgan fingerprint density at radius 3 is 2.73 bits per heavy atom. The van der Waals surface area contributed by atoms with E-state index in [1.54, 1.807) is 26.2 Å². The summed E-state index contributed by atoms with van der Waals surface area (Å²) in [5.41, 5.74) is 2.86. The Morgan fingerprint density at radius 2 is 2.00 bits per heavy atom. The van der Waals surface area contributed by atoms with Crippen LogP contribution in [0.1, 0.15) is 19.4 Å². The van der Waals surface area contributed by atoms with Crippen LogP contribution in [-0.4, -0.2) is 50.2 Å². The number of carbonyl (C=O) groups excluding carboxylic acids is 2. The fraction of sp³-hybridized carbons (Fsp3) is 0.261. The minimum absolute atomic E-state index is 0.253. The zero-order valence-electron chi connectivity index (χ0n) is 18.3. The molecule has 3 aromatic rings. The third-order valence-corrected chi connectivity index (χ3v) is 6.02. The van der Waals surface area contributed by atoms with Crippen molar-refractivity contribution in [1.29, 1.82) is 0 Å². The van der Waals surface area contributed by atoms with Crippen LogP contribution in [0.25, 0.3) is 11.4 Å². The van der Waals surface area contributed by atoms with E-state index in [1.165, 1.54) is 11.8 Å². The lowest BCUT2D eigenvalue weighted by atomic mass is 10.1. The molecule has 1 aromatic carbocycles. The predicted molar refractivity (Wildman–Crippen MR) is 124 cm³/mol. The highest BCUT2D eigenvalue weighted by Gasteiger charge is 2.30. The largest absolute Gasteiger partial charge is 0.463 e. The summed E-state index contributed by atoms with van der Waals surface area (Å²) >= 11 is 1.39. The molecule has 10 heteroatoms. The molecule has 0 bridgehead atoms. The van der Waals surface area contributed by atoms with E-state index < -0.39 is 12.0 Å². The van der Waals surface area contributed by atoms with Gasteiger partial charge in [0.25, 0.3) is 0 Å². The first-order valence-electron chi connectivity index (χ1n) is 10.5. The van der Waals surface area contributed by atoms with Crippen molar-refractivity contribution in [2.45, 2.75) is 31.6 Å². The number of aromatic nitrogens is 4. The number of nitrogens with one attached hydrogen (secondary N) is 2. The minimum Gasteiger partial charge on any atom is -0.463 e. The van der Waals surface area contributed by atoms with Gasteiger partial charge in [0.2, 0.25) is 0 Å². The van der Waals surface area contributed by atoms with Crippen LogP contribution in [0.5, 0.6) is 0 Å². The predicted octanol–water partition coefficient (Wildman–Crippen LogP) is 3.00. The van der Waals surface area contributed by atoms with E-state index in [4.69, 9.17) is 4.74 Å². The first-order valence-corrected chi connectivity index (χ1v) is 11.5. The van der Waals surface area contributed by atoms with Crippen molar-refractivity contribution >= 4 is 23.8 Å². The number of esters is 1. The SMILES string of the molecule is CCOC(=O)C1=C(CSc2nnc(-c3cccnc3)n2Cc2ccccc2)NC(=O)N[C@@H]1C. The number of thioether (sulfide) groups is 1. The van der Waals surface area contributed by atoms with Gasteiger partial charge in [-0.15, -0.1) is 10.2 Å². The maximum absolute atomic E-state index is 12.5. The number of rotatable bonds is 8. The van der Waals surface area contributed by atoms with Gasteiger partial charge in [-0.3, -0.25) is 9.55 Å². The van der Waals surface area contributed by atoms with Gasteiger partial charge in [-0.2, -0.15) is 0 Å². The standard InChI is InChI=1S/C23H24N6O3S/c1-3-32-21(30)19-15(2)25-22(31)26-18(19)14-33-23-28-27-20(17-10-7-11-24-12-17)29(23)13-16-8-5-4-6-9-16/h4-12,15H,3,13-14H2,1-2H3,(H2,25,26,31)/t15-/m1/s1. The zero-order chi connectivity index (χ0) is 23.2. The smallest absolute Gasteiger partial charge is 0.337 e. The van der Waals surface area contributed by atoms with Crippen LogP contribution in [0.3, 0.4) is 0 Å². The maximum atomic E-state index is 12.5. The number of amides is 2. The Bertz CT molecular complexity index is 1160. The summed E-state index contributed by atoms with van der Waals surface area (Å²) in [4.78, 5) is 28.8. The summed E-state index contributed by atoms with van der Waals surface area (Å²) in [6.45, 7) is 4.32. The van der Waals surface area contributed by atoms with E-state index in [2.05, 4.69) is 25.8 Å². The van der Waals surface area contributed by atoms with E-state index >= 15 is 0 Å². The summed E-state index contributed by atoms with van der Waals surface area (Å²) in [5, 5.41) is 14.9. The molecule has 0 spiro atoms. The minimum atomic E-state index is -0.457. The molecule has 33 heavy (non-hydrogen) atoms. The van der Waals surface area contributed by atoms with Crippen LogP contribution >= 0.6 is 11.8 Å². The Hall–Kier alpha value is -3.66.